The Bertz CT molecular complexity index is 502. The third-order valence-corrected chi connectivity index (χ3v) is 3.29. The van der Waals surface area contributed by atoms with E-state index in [1.807, 2.05) is 13.0 Å². The third-order valence-electron chi connectivity index (χ3n) is 2.25. The predicted octanol–water partition coefficient (Wildman–Crippen LogP) is 3.34. The van der Waals surface area contributed by atoms with Gasteiger partial charge in [-0.3, -0.25) is 0 Å². The highest BCUT2D eigenvalue weighted by Gasteiger charge is 2.00. The lowest BCUT2D eigenvalue weighted by Gasteiger charge is -2.04. The van der Waals surface area contributed by atoms with Gasteiger partial charge in [0.15, 0.2) is 0 Å². The van der Waals surface area contributed by atoms with Crippen molar-refractivity contribution in [3.05, 3.63) is 48.0 Å². The van der Waals surface area contributed by atoms with Gasteiger partial charge in [-0.2, -0.15) is 0 Å². The van der Waals surface area contributed by atoms with Crippen molar-refractivity contribution in [1.29, 1.82) is 0 Å². The molecule has 18 heavy (non-hydrogen) atoms. The van der Waals surface area contributed by atoms with Crippen LogP contribution in [0.5, 0.6) is 0 Å². The van der Waals surface area contributed by atoms with Crippen molar-refractivity contribution >= 4 is 17.7 Å². The largest absolute Gasteiger partial charge is 0.354 e. The van der Waals surface area contributed by atoms with Gasteiger partial charge in [-0.1, -0.05) is 0 Å². The highest BCUT2D eigenvalue weighted by molar-refractivity contribution is 7.98. The van der Waals surface area contributed by atoms with E-state index in [1.165, 1.54) is 12.1 Å². The Labute approximate surface area is 110 Å². The maximum absolute atomic E-state index is 12.7. The summed E-state index contributed by atoms with van der Waals surface area (Å²) in [6.07, 6.45) is 1.74. The number of rotatable bonds is 5. The number of aromatic nitrogens is 2. The summed E-state index contributed by atoms with van der Waals surface area (Å²) in [6, 6.07) is 8.36. The summed E-state index contributed by atoms with van der Waals surface area (Å²) in [5, 5.41) is 3.07. The van der Waals surface area contributed by atoms with Gasteiger partial charge in [0.2, 0.25) is 5.95 Å². The zero-order valence-corrected chi connectivity index (χ0v) is 10.9. The third kappa shape index (κ3) is 3.70. The lowest BCUT2D eigenvalue weighted by Crippen LogP contribution is -2.03. The first-order chi connectivity index (χ1) is 8.78. The predicted molar refractivity (Wildman–Crippen MR) is 72.2 cm³/mol. The minimum atomic E-state index is -0.212. The smallest absolute Gasteiger partial charge is 0.222 e. The molecule has 2 aromatic rings. The van der Waals surface area contributed by atoms with Gasteiger partial charge in [0.1, 0.15) is 5.82 Å². The first-order valence-electron chi connectivity index (χ1n) is 5.72. The molecule has 0 aliphatic carbocycles. The van der Waals surface area contributed by atoms with Crippen LogP contribution in [-0.2, 0) is 5.75 Å². The van der Waals surface area contributed by atoms with Crippen LogP contribution in [0, 0.1) is 5.82 Å². The van der Waals surface area contributed by atoms with Crippen molar-refractivity contribution in [2.45, 2.75) is 17.6 Å². The van der Waals surface area contributed by atoms with Crippen LogP contribution in [0.3, 0.4) is 0 Å². The Morgan fingerprint density at radius 2 is 2.00 bits per heavy atom. The molecule has 0 radical (unpaired) electrons. The van der Waals surface area contributed by atoms with E-state index in [9.17, 15) is 4.39 Å². The molecule has 2 rings (SSSR count). The molecular weight excluding hydrogens is 249 g/mol. The molecule has 0 aliphatic rings. The molecule has 0 aliphatic heterocycles. The highest BCUT2D eigenvalue weighted by atomic mass is 32.2. The summed E-state index contributed by atoms with van der Waals surface area (Å²) in [4.78, 5) is 9.52. The Hall–Kier alpha value is -1.62. The average Bonchev–Trinajstić information content (AvgIpc) is 2.39. The molecular formula is C13H14FN3S. The molecule has 1 aromatic carbocycles. The molecule has 0 fully saturated rings. The topological polar surface area (TPSA) is 37.8 Å². The lowest BCUT2D eigenvalue weighted by molar-refractivity contribution is 0.626. The fourth-order valence-corrected chi connectivity index (χ4v) is 2.21. The monoisotopic (exact) mass is 263 g/mol. The van der Waals surface area contributed by atoms with Crippen LogP contribution in [0.4, 0.5) is 10.3 Å². The van der Waals surface area contributed by atoms with E-state index >= 15 is 0 Å². The molecule has 0 bridgehead atoms. The van der Waals surface area contributed by atoms with Gasteiger partial charge in [0, 0.05) is 23.4 Å². The SMILES string of the molecule is CCNc1nccc(CSc2ccc(F)cc2)n1. The standard InChI is InChI=1S/C13H14FN3S/c1-2-15-13-16-8-7-11(17-13)9-18-12-5-3-10(14)4-6-12/h3-8H,2,9H2,1H3,(H,15,16,17). The van der Waals surface area contributed by atoms with E-state index < -0.39 is 0 Å². The quantitative estimate of drug-likeness (QED) is 0.840. The Kier molecular flexibility index (Phi) is 4.52. The van der Waals surface area contributed by atoms with E-state index in [2.05, 4.69) is 15.3 Å². The normalized spacial score (nSPS) is 10.3. The number of halogens is 1. The summed E-state index contributed by atoms with van der Waals surface area (Å²) in [5.41, 5.74) is 0.954. The Balaban J connectivity index is 1.97. The maximum Gasteiger partial charge on any atom is 0.222 e. The number of nitrogens with one attached hydrogen (secondary N) is 1. The summed E-state index contributed by atoms with van der Waals surface area (Å²) in [5.74, 6) is 1.18. The molecule has 1 heterocycles. The van der Waals surface area contributed by atoms with Crippen molar-refractivity contribution in [1.82, 2.24) is 9.97 Å². The summed E-state index contributed by atoms with van der Waals surface area (Å²) in [6.45, 7) is 2.80. The molecule has 1 aromatic heterocycles. The number of hydrogen-bond acceptors (Lipinski definition) is 4. The van der Waals surface area contributed by atoms with E-state index in [1.54, 1.807) is 30.1 Å². The molecule has 5 heteroatoms. The second-order valence-corrected chi connectivity index (χ2v) is 4.69. The molecule has 0 unspecified atom stereocenters. The van der Waals surface area contributed by atoms with Crippen LogP contribution >= 0.6 is 11.8 Å². The van der Waals surface area contributed by atoms with Crippen molar-refractivity contribution in [2.24, 2.45) is 0 Å². The number of thioether (sulfide) groups is 1. The number of hydrogen-bond donors (Lipinski definition) is 1. The molecule has 0 spiro atoms. The highest BCUT2D eigenvalue weighted by Crippen LogP contribution is 2.22. The average molecular weight is 263 g/mol. The van der Waals surface area contributed by atoms with Crippen LogP contribution in [0.2, 0.25) is 0 Å². The maximum atomic E-state index is 12.7. The van der Waals surface area contributed by atoms with E-state index in [4.69, 9.17) is 0 Å². The second-order valence-electron chi connectivity index (χ2n) is 3.64. The van der Waals surface area contributed by atoms with Gasteiger partial charge in [0.05, 0.1) is 5.69 Å². The molecule has 0 saturated carbocycles. The molecule has 1 N–H and O–H groups in total. The van der Waals surface area contributed by atoms with Gasteiger partial charge >= 0.3 is 0 Å². The zero-order chi connectivity index (χ0) is 12.8. The van der Waals surface area contributed by atoms with E-state index in [0.29, 0.717) is 5.95 Å². The summed E-state index contributed by atoms with van der Waals surface area (Å²) in [7, 11) is 0. The fraction of sp³-hybridized carbons (Fsp3) is 0.231. The molecule has 3 nitrogen and oxygen atoms in total. The molecule has 0 saturated heterocycles. The summed E-state index contributed by atoms with van der Waals surface area (Å²) < 4.78 is 12.7. The van der Waals surface area contributed by atoms with Crippen LogP contribution in [-0.4, -0.2) is 16.5 Å². The zero-order valence-electron chi connectivity index (χ0n) is 10.1. The molecule has 94 valence electrons. The number of benzene rings is 1. The van der Waals surface area contributed by atoms with Crippen LogP contribution < -0.4 is 5.32 Å². The second kappa shape index (κ2) is 6.35. The van der Waals surface area contributed by atoms with Gasteiger partial charge in [-0.05, 0) is 37.3 Å². The summed E-state index contributed by atoms with van der Waals surface area (Å²) >= 11 is 1.62. The van der Waals surface area contributed by atoms with Crippen molar-refractivity contribution in [2.75, 3.05) is 11.9 Å². The van der Waals surface area contributed by atoms with Gasteiger partial charge in [-0.15, -0.1) is 11.8 Å². The first-order valence-corrected chi connectivity index (χ1v) is 6.70. The van der Waals surface area contributed by atoms with Crippen LogP contribution in [0.1, 0.15) is 12.6 Å². The lowest BCUT2D eigenvalue weighted by atomic mass is 10.4. The molecule has 0 atom stereocenters. The fourth-order valence-electron chi connectivity index (χ4n) is 1.41. The van der Waals surface area contributed by atoms with Crippen LogP contribution in [0.15, 0.2) is 41.4 Å². The van der Waals surface area contributed by atoms with Crippen molar-refractivity contribution < 1.29 is 4.39 Å². The van der Waals surface area contributed by atoms with Gasteiger partial charge in [0.25, 0.3) is 0 Å². The van der Waals surface area contributed by atoms with Crippen LogP contribution in [0.25, 0.3) is 0 Å². The van der Waals surface area contributed by atoms with E-state index in [0.717, 1.165) is 22.9 Å². The minimum Gasteiger partial charge on any atom is -0.354 e. The Morgan fingerprint density at radius 3 is 2.72 bits per heavy atom. The van der Waals surface area contributed by atoms with Gasteiger partial charge < -0.3 is 5.32 Å². The Morgan fingerprint density at radius 1 is 1.22 bits per heavy atom. The first kappa shape index (κ1) is 12.8. The van der Waals surface area contributed by atoms with Gasteiger partial charge in [-0.25, -0.2) is 14.4 Å². The minimum absolute atomic E-state index is 0.212. The van der Waals surface area contributed by atoms with E-state index in [-0.39, 0.29) is 5.82 Å². The number of anilines is 1. The molecule has 0 amide bonds. The van der Waals surface area contributed by atoms with Crippen molar-refractivity contribution in [3.63, 3.8) is 0 Å². The van der Waals surface area contributed by atoms with Crippen molar-refractivity contribution in [3.8, 4) is 0 Å². The number of nitrogens with zero attached hydrogens (tertiary/aromatic N) is 2.